The van der Waals surface area contributed by atoms with Crippen LogP contribution in [0.5, 0.6) is 5.75 Å². The van der Waals surface area contributed by atoms with Crippen molar-refractivity contribution in [1.82, 2.24) is 10.6 Å². The first-order chi connectivity index (χ1) is 10.7. The Morgan fingerprint density at radius 3 is 2.43 bits per heavy atom. The molecule has 23 heavy (non-hydrogen) atoms. The molecule has 5 nitrogen and oxygen atoms in total. The standard InChI is InChI=1S/C17H29N3O2.HI/c1-14(2)13-22-16-8-6-15(7-9-16)12-20-17(18-3)19-10-5-11-21-4;/h6-9,14H,5,10-13H2,1-4H3,(H2,18,19,20);1H. The molecule has 0 aliphatic rings. The molecule has 0 aliphatic heterocycles. The van der Waals surface area contributed by atoms with Gasteiger partial charge in [0.25, 0.3) is 0 Å². The van der Waals surface area contributed by atoms with Gasteiger partial charge in [0, 0.05) is 33.9 Å². The average molecular weight is 435 g/mol. The Balaban J connectivity index is 0.00000484. The van der Waals surface area contributed by atoms with Crippen molar-refractivity contribution in [2.75, 3.05) is 33.9 Å². The fourth-order valence-electron chi connectivity index (χ4n) is 1.80. The largest absolute Gasteiger partial charge is 0.493 e. The van der Waals surface area contributed by atoms with Crippen molar-refractivity contribution in [2.24, 2.45) is 10.9 Å². The van der Waals surface area contributed by atoms with Crippen molar-refractivity contribution < 1.29 is 9.47 Å². The van der Waals surface area contributed by atoms with Crippen LogP contribution in [0.1, 0.15) is 25.8 Å². The Kier molecular flexibility index (Phi) is 12.8. The first kappa shape index (κ1) is 22.0. The molecule has 1 aromatic rings. The number of methoxy groups -OCH3 is 1. The molecule has 132 valence electrons. The molecule has 0 aliphatic carbocycles. The number of guanidine groups is 1. The number of halogens is 1. The van der Waals surface area contributed by atoms with Gasteiger partial charge in [-0.05, 0) is 30.0 Å². The highest BCUT2D eigenvalue weighted by atomic mass is 127. The Labute approximate surface area is 157 Å². The van der Waals surface area contributed by atoms with E-state index in [1.165, 1.54) is 5.56 Å². The lowest BCUT2D eigenvalue weighted by Crippen LogP contribution is -2.37. The van der Waals surface area contributed by atoms with E-state index in [1.54, 1.807) is 14.2 Å². The van der Waals surface area contributed by atoms with Crippen LogP contribution in [0.25, 0.3) is 0 Å². The van der Waals surface area contributed by atoms with Crippen LogP contribution >= 0.6 is 24.0 Å². The molecule has 2 N–H and O–H groups in total. The molecular formula is C17H30IN3O2. The number of nitrogens with one attached hydrogen (secondary N) is 2. The summed E-state index contributed by atoms with van der Waals surface area (Å²) in [5, 5.41) is 6.54. The second kappa shape index (κ2) is 13.4. The predicted molar refractivity (Wildman–Crippen MR) is 107 cm³/mol. The Bertz CT molecular complexity index is 436. The third kappa shape index (κ3) is 10.4. The molecule has 0 heterocycles. The van der Waals surface area contributed by atoms with Crippen molar-refractivity contribution in [2.45, 2.75) is 26.8 Å². The van der Waals surface area contributed by atoms with Crippen molar-refractivity contribution in [3.05, 3.63) is 29.8 Å². The SMILES string of the molecule is CN=C(NCCCOC)NCc1ccc(OCC(C)C)cc1.I. The molecule has 0 spiro atoms. The Morgan fingerprint density at radius 2 is 1.87 bits per heavy atom. The molecule has 0 aromatic heterocycles. The van der Waals surface area contributed by atoms with Gasteiger partial charge in [0.15, 0.2) is 5.96 Å². The summed E-state index contributed by atoms with van der Waals surface area (Å²) in [5.41, 5.74) is 1.19. The molecule has 0 radical (unpaired) electrons. The lowest BCUT2D eigenvalue weighted by atomic mass is 10.2. The van der Waals surface area contributed by atoms with Crippen LogP contribution in [-0.4, -0.2) is 39.9 Å². The summed E-state index contributed by atoms with van der Waals surface area (Å²) < 4.78 is 10.7. The minimum Gasteiger partial charge on any atom is -0.493 e. The zero-order valence-electron chi connectivity index (χ0n) is 14.6. The van der Waals surface area contributed by atoms with Crippen molar-refractivity contribution in [1.29, 1.82) is 0 Å². The first-order valence-corrected chi connectivity index (χ1v) is 7.81. The normalized spacial score (nSPS) is 11.1. The topological polar surface area (TPSA) is 54.9 Å². The van der Waals surface area contributed by atoms with Gasteiger partial charge in [-0.3, -0.25) is 4.99 Å². The smallest absolute Gasteiger partial charge is 0.191 e. The zero-order chi connectivity index (χ0) is 16.2. The van der Waals surface area contributed by atoms with Crippen LogP contribution in [0.2, 0.25) is 0 Å². The van der Waals surface area contributed by atoms with E-state index in [-0.39, 0.29) is 24.0 Å². The maximum Gasteiger partial charge on any atom is 0.191 e. The predicted octanol–water partition coefficient (Wildman–Crippen LogP) is 3.04. The summed E-state index contributed by atoms with van der Waals surface area (Å²) in [6, 6.07) is 8.16. The molecule has 0 atom stereocenters. The van der Waals surface area contributed by atoms with Gasteiger partial charge < -0.3 is 20.1 Å². The maximum absolute atomic E-state index is 5.68. The summed E-state index contributed by atoms with van der Waals surface area (Å²) in [6.45, 7) is 7.36. The summed E-state index contributed by atoms with van der Waals surface area (Å²) >= 11 is 0. The highest BCUT2D eigenvalue weighted by Crippen LogP contribution is 2.13. The highest BCUT2D eigenvalue weighted by Gasteiger charge is 2.00. The molecule has 0 saturated carbocycles. The lowest BCUT2D eigenvalue weighted by molar-refractivity contribution is 0.195. The molecular weight excluding hydrogens is 405 g/mol. The molecule has 0 bridgehead atoms. The monoisotopic (exact) mass is 435 g/mol. The fraction of sp³-hybridized carbons (Fsp3) is 0.588. The minimum atomic E-state index is 0. The van der Waals surface area contributed by atoms with E-state index in [0.717, 1.165) is 44.4 Å². The van der Waals surface area contributed by atoms with Crippen LogP contribution in [-0.2, 0) is 11.3 Å². The van der Waals surface area contributed by atoms with E-state index in [2.05, 4.69) is 41.6 Å². The Hall–Kier alpha value is -1.02. The molecule has 1 aromatic carbocycles. The zero-order valence-corrected chi connectivity index (χ0v) is 16.9. The highest BCUT2D eigenvalue weighted by molar-refractivity contribution is 14.0. The number of hydrogen-bond acceptors (Lipinski definition) is 3. The number of nitrogens with zero attached hydrogens (tertiary/aromatic N) is 1. The van der Waals surface area contributed by atoms with Gasteiger partial charge in [-0.2, -0.15) is 0 Å². The maximum atomic E-state index is 5.68. The van der Waals surface area contributed by atoms with Gasteiger partial charge in [-0.15, -0.1) is 24.0 Å². The van der Waals surface area contributed by atoms with Crippen LogP contribution < -0.4 is 15.4 Å². The van der Waals surface area contributed by atoms with Crippen LogP contribution in [0, 0.1) is 5.92 Å². The van der Waals surface area contributed by atoms with E-state index in [1.807, 2.05) is 12.1 Å². The van der Waals surface area contributed by atoms with Crippen LogP contribution in [0.15, 0.2) is 29.3 Å². The van der Waals surface area contributed by atoms with E-state index in [0.29, 0.717) is 5.92 Å². The summed E-state index contributed by atoms with van der Waals surface area (Å²) in [7, 11) is 3.48. The van der Waals surface area contributed by atoms with Crippen LogP contribution in [0.4, 0.5) is 0 Å². The second-order valence-electron chi connectivity index (χ2n) is 5.55. The van der Waals surface area contributed by atoms with Crippen LogP contribution in [0.3, 0.4) is 0 Å². The van der Waals surface area contributed by atoms with E-state index < -0.39 is 0 Å². The lowest BCUT2D eigenvalue weighted by Gasteiger charge is -2.12. The molecule has 0 saturated heterocycles. The van der Waals surface area contributed by atoms with E-state index in [9.17, 15) is 0 Å². The van der Waals surface area contributed by atoms with Gasteiger partial charge in [0.05, 0.1) is 6.61 Å². The molecule has 1 rings (SSSR count). The summed E-state index contributed by atoms with van der Waals surface area (Å²) in [5.74, 6) is 2.25. The second-order valence-corrected chi connectivity index (χ2v) is 5.55. The molecule has 6 heteroatoms. The third-order valence-electron chi connectivity index (χ3n) is 3.01. The molecule has 0 fully saturated rings. The van der Waals surface area contributed by atoms with E-state index >= 15 is 0 Å². The van der Waals surface area contributed by atoms with Gasteiger partial charge >= 0.3 is 0 Å². The van der Waals surface area contributed by atoms with Crippen molar-refractivity contribution in [3.8, 4) is 5.75 Å². The Morgan fingerprint density at radius 1 is 1.17 bits per heavy atom. The van der Waals surface area contributed by atoms with Gasteiger partial charge in [-0.1, -0.05) is 26.0 Å². The minimum absolute atomic E-state index is 0. The number of aliphatic imine (C=N–C) groups is 1. The number of benzene rings is 1. The number of rotatable bonds is 9. The molecule has 0 amide bonds. The van der Waals surface area contributed by atoms with Gasteiger partial charge in [0.2, 0.25) is 0 Å². The number of ether oxygens (including phenoxy) is 2. The first-order valence-electron chi connectivity index (χ1n) is 7.81. The number of hydrogen-bond donors (Lipinski definition) is 2. The average Bonchev–Trinajstić information content (AvgIpc) is 2.53. The summed E-state index contributed by atoms with van der Waals surface area (Å²) in [6.07, 6.45) is 0.957. The van der Waals surface area contributed by atoms with Gasteiger partial charge in [-0.25, -0.2) is 0 Å². The fourth-order valence-corrected chi connectivity index (χ4v) is 1.80. The quantitative estimate of drug-likeness (QED) is 0.271. The van der Waals surface area contributed by atoms with Crippen molar-refractivity contribution in [3.63, 3.8) is 0 Å². The van der Waals surface area contributed by atoms with Gasteiger partial charge in [0.1, 0.15) is 5.75 Å². The van der Waals surface area contributed by atoms with E-state index in [4.69, 9.17) is 9.47 Å². The summed E-state index contributed by atoms with van der Waals surface area (Å²) in [4.78, 5) is 4.20. The third-order valence-corrected chi connectivity index (χ3v) is 3.01. The van der Waals surface area contributed by atoms with Crippen molar-refractivity contribution >= 4 is 29.9 Å². The molecule has 0 unspecified atom stereocenters.